The molecule has 24 heavy (non-hydrogen) atoms. The summed E-state index contributed by atoms with van der Waals surface area (Å²) in [6, 6.07) is 11.1. The summed E-state index contributed by atoms with van der Waals surface area (Å²) in [6.45, 7) is 2.49. The first-order chi connectivity index (χ1) is 11.6. The Morgan fingerprint density at radius 1 is 1.17 bits per heavy atom. The Kier molecular flexibility index (Phi) is 6.82. The number of aromatic nitrogens is 1. The van der Waals surface area contributed by atoms with E-state index in [0.29, 0.717) is 31.0 Å². The van der Waals surface area contributed by atoms with Crippen LogP contribution in [0.3, 0.4) is 0 Å². The molecule has 2 aromatic rings. The molecule has 0 unspecified atom stereocenters. The van der Waals surface area contributed by atoms with Gasteiger partial charge in [0.05, 0.1) is 6.61 Å². The lowest BCUT2D eigenvalue weighted by Gasteiger charge is -2.07. The number of para-hydroxylation sites is 1. The minimum atomic E-state index is -0.226. The van der Waals surface area contributed by atoms with E-state index in [0.717, 1.165) is 5.75 Å². The van der Waals surface area contributed by atoms with Gasteiger partial charge in [-0.1, -0.05) is 23.4 Å². The molecule has 0 atom stereocenters. The first-order valence-electron chi connectivity index (χ1n) is 7.81. The zero-order valence-corrected chi connectivity index (χ0v) is 13.6. The van der Waals surface area contributed by atoms with Crippen LogP contribution in [-0.2, 0) is 9.59 Å². The number of hydrogen-bond donors (Lipinski definition) is 2. The Bertz CT molecular complexity index is 655. The van der Waals surface area contributed by atoms with Gasteiger partial charge in [0.1, 0.15) is 11.5 Å². The third-order valence-electron chi connectivity index (χ3n) is 3.13. The molecule has 0 saturated heterocycles. The number of carbonyl (C=O) groups is 2. The summed E-state index contributed by atoms with van der Waals surface area (Å²) in [5.74, 6) is 1.46. The highest BCUT2D eigenvalue weighted by Crippen LogP contribution is 2.09. The molecule has 7 heteroatoms. The van der Waals surface area contributed by atoms with Gasteiger partial charge in [0.2, 0.25) is 11.8 Å². The highest BCUT2D eigenvalue weighted by atomic mass is 16.5. The fourth-order valence-electron chi connectivity index (χ4n) is 1.97. The molecule has 0 fully saturated rings. The molecule has 1 aromatic carbocycles. The van der Waals surface area contributed by atoms with Gasteiger partial charge in [-0.2, -0.15) is 0 Å². The van der Waals surface area contributed by atoms with Crippen LogP contribution in [0.25, 0.3) is 0 Å². The third kappa shape index (κ3) is 6.51. The van der Waals surface area contributed by atoms with Gasteiger partial charge in [-0.3, -0.25) is 9.59 Å². The molecule has 0 aliphatic carbocycles. The summed E-state index contributed by atoms with van der Waals surface area (Å²) < 4.78 is 10.4. The lowest BCUT2D eigenvalue weighted by molar-refractivity contribution is -0.121. The summed E-state index contributed by atoms with van der Waals surface area (Å²) >= 11 is 0. The fraction of sp³-hybridized carbons (Fsp3) is 0.353. The standard InChI is InChI=1S/C17H21N3O4/c1-13-12-15(20-24-13)19-17(22)9-10-18-16(21)8-5-11-23-14-6-3-2-4-7-14/h2-4,6-7,12H,5,8-11H2,1H3,(H,18,21)(H,19,20,22). The number of rotatable bonds is 9. The third-order valence-corrected chi connectivity index (χ3v) is 3.13. The number of amides is 2. The van der Waals surface area contributed by atoms with Crippen LogP contribution in [0.1, 0.15) is 25.0 Å². The highest BCUT2D eigenvalue weighted by Gasteiger charge is 2.07. The van der Waals surface area contributed by atoms with Crippen LogP contribution in [0.4, 0.5) is 5.82 Å². The van der Waals surface area contributed by atoms with Crippen LogP contribution in [-0.4, -0.2) is 30.1 Å². The maximum absolute atomic E-state index is 11.7. The van der Waals surface area contributed by atoms with Gasteiger partial charge in [-0.15, -0.1) is 0 Å². The van der Waals surface area contributed by atoms with Crippen molar-refractivity contribution >= 4 is 17.6 Å². The highest BCUT2D eigenvalue weighted by molar-refractivity contribution is 5.90. The lowest BCUT2D eigenvalue weighted by Crippen LogP contribution is -2.27. The van der Waals surface area contributed by atoms with E-state index in [-0.39, 0.29) is 24.8 Å². The van der Waals surface area contributed by atoms with E-state index in [1.807, 2.05) is 30.3 Å². The molecule has 0 saturated carbocycles. The smallest absolute Gasteiger partial charge is 0.227 e. The molecule has 0 aliphatic rings. The van der Waals surface area contributed by atoms with E-state index in [1.165, 1.54) is 0 Å². The Morgan fingerprint density at radius 2 is 1.96 bits per heavy atom. The van der Waals surface area contributed by atoms with Crippen LogP contribution >= 0.6 is 0 Å². The molecular formula is C17H21N3O4. The molecule has 0 aliphatic heterocycles. The second-order valence-electron chi connectivity index (χ2n) is 5.24. The Morgan fingerprint density at radius 3 is 2.67 bits per heavy atom. The predicted octanol–water partition coefficient (Wildman–Crippen LogP) is 2.29. The lowest BCUT2D eigenvalue weighted by atomic mass is 10.3. The number of hydrogen-bond acceptors (Lipinski definition) is 5. The Hall–Kier alpha value is -2.83. The molecule has 128 valence electrons. The predicted molar refractivity (Wildman–Crippen MR) is 88.7 cm³/mol. The summed E-state index contributed by atoms with van der Waals surface area (Å²) in [5.41, 5.74) is 0. The van der Waals surface area contributed by atoms with Gasteiger partial charge in [-0.25, -0.2) is 0 Å². The summed E-state index contributed by atoms with van der Waals surface area (Å²) in [4.78, 5) is 23.3. The largest absolute Gasteiger partial charge is 0.494 e. The quantitative estimate of drug-likeness (QED) is 0.688. The summed E-state index contributed by atoms with van der Waals surface area (Å²) in [7, 11) is 0. The number of nitrogens with zero attached hydrogens (tertiary/aromatic N) is 1. The van der Waals surface area contributed by atoms with Crippen molar-refractivity contribution in [1.82, 2.24) is 10.5 Å². The van der Waals surface area contributed by atoms with Crippen LogP contribution in [0.2, 0.25) is 0 Å². The number of aryl methyl sites for hydroxylation is 1. The SMILES string of the molecule is Cc1cc(NC(=O)CCNC(=O)CCCOc2ccccc2)no1. The van der Waals surface area contributed by atoms with Crippen LogP contribution in [0.15, 0.2) is 40.9 Å². The molecule has 2 rings (SSSR count). The van der Waals surface area contributed by atoms with Gasteiger partial charge in [0, 0.05) is 25.5 Å². The maximum atomic E-state index is 11.7. The van der Waals surface area contributed by atoms with Gasteiger partial charge < -0.3 is 19.9 Å². The molecular weight excluding hydrogens is 310 g/mol. The van der Waals surface area contributed by atoms with E-state index in [2.05, 4.69) is 15.8 Å². The van der Waals surface area contributed by atoms with Gasteiger partial charge in [-0.05, 0) is 25.5 Å². The number of nitrogens with one attached hydrogen (secondary N) is 2. The van der Waals surface area contributed by atoms with Gasteiger partial charge in [0.25, 0.3) is 0 Å². The zero-order valence-electron chi connectivity index (χ0n) is 13.6. The van der Waals surface area contributed by atoms with Crippen molar-refractivity contribution in [3.8, 4) is 5.75 Å². The van der Waals surface area contributed by atoms with Crippen molar-refractivity contribution < 1.29 is 18.8 Å². The molecule has 1 aromatic heterocycles. The minimum absolute atomic E-state index is 0.100. The number of ether oxygens (including phenoxy) is 1. The maximum Gasteiger partial charge on any atom is 0.227 e. The van der Waals surface area contributed by atoms with E-state index in [9.17, 15) is 9.59 Å². The normalized spacial score (nSPS) is 10.2. The summed E-state index contributed by atoms with van der Waals surface area (Å²) in [5, 5.41) is 8.96. The van der Waals surface area contributed by atoms with E-state index >= 15 is 0 Å². The topological polar surface area (TPSA) is 93.5 Å². The number of anilines is 1. The minimum Gasteiger partial charge on any atom is -0.494 e. The fourth-order valence-corrected chi connectivity index (χ4v) is 1.97. The Balaban J connectivity index is 1.52. The Labute approximate surface area is 140 Å². The van der Waals surface area contributed by atoms with Gasteiger partial charge >= 0.3 is 0 Å². The van der Waals surface area contributed by atoms with Crippen molar-refractivity contribution in [2.24, 2.45) is 0 Å². The van der Waals surface area contributed by atoms with Gasteiger partial charge in [0.15, 0.2) is 5.82 Å². The second kappa shape index (κ2) is 9.34. The monoisotopic (exact) mass is 331 g/mol. The molecule has 0 bridgehead atoms. The summed E-state index contributed by atoms with van der Waals surface area (Å²) in [6.07, 6.45) is 1.15. The van der Waals surface area contributed by atoms with Crippen molar-refractivity contribution in [3.05, 3.63) is 42.2 Å². The average Bonchev–Trinajstić information content (AvgIpc) is 2.97. The van der Waals surface area contributed by atoms with E-state index < -0.39 is 0 Å². The van der Waals surface area contributed by atoms with E-state index in [1.54, 1.807) is 13.0 Å². The molecule has 2 N–H and O–H groups in total. The molecule has 0 spiro atoms. The number of benzene rings is 1. The van der Waals surface area contributed by atoms with Crippen molar-refractivity contribution in [3.63, 3.8) is 0 Å². The van der Waals surface area contributed by atoms with Crippen LogP contribution in [0.5, 0.6) is 5.75 Å². The van der Waals surface area contributed by atoms with Crippen LogP contribution < -0.4 is 15.4 Å². The number of carbonyl (C=O) groups excluding carboxylic acids is 2. The van der Waals surface area contributed by atoms with Crippen LogP contribution in [0, 0.1) is 6.92 Å². The first-order valence-corrected chi connectivity index (χ1v) is 7.81. The molecule has 0 radical (unpaired) electrons. The molecule has 7 nitrogen and oxygen atoms in total. The molecule has 2 amide bonds. The van der Waals surface area contributed by atoms with Crippen molar-refractivity contribution in [1.29, 1.82) is 0 Å². The second-order valence-corrected chi connectivity index (χ2v) is 5.24. The van der Waals surface area contributed by atoms with Crippen molar-refractivity contribution in [2.75, 3.05) is 18.5 Å². The first kappa shape index (κ1) is 17.5. The van der Waals surface area contributed by atoms with Crippen molar-refractivity contribution in [2.45, 2.75) is 26.2 Å². The molecule has 1 heterocycles. The zero-order chi connectivity index (χ0) is 17.2. The van der Waals surface area contributed by atoms with E-state index in [4.69, 9.17) is 9.26 Å². The average molecular weight is 331 g/mol.